The Labute approximate surface area is 381 Å². The summed E-state index contributed by atoms with van der Waals surface area (Å²) in [6.45, 7) is 5.27. The number of fused-ring (bicyclic) bond motifs is 2. The summed E-state index contributed by atoms with van der Waals surface area (Å²) in [7, 11) is 0. The van der Waals surface area contributed by atoms with Crippen LogP contribution in [0.2, 0.25) is 0 Å². The number of anilines is 4. The Morgan fingerprint density at radius 3 is 1.45 bits per heavy atom. The summed E-state index contributed by atoms with van der Waals surface area (Å²) in [6.07, 6.45) is 1.96. The van der Waals surface area contributed by atoms with E-state index in [2.05, 4.69) is 34.3 Å². The Morgan fingerprint density at radius 1 is 0.530 bits per heavy atom. The topological polar surface area (TPSA) is 213 Å². The van der Waals surface area contributed by atoms with Crippen molar-refractivity contribution in [2.45, 2.75) is 26.7 Å². The maximum atomic E-state index is 12.5. The number of nitrogens with one attached hydrogen (secondary N) is 4. The predicted octanol–water partition coefficient (Wildman–Crippen LogP) is 9.41. The number of nitrogen functional groups attached to an aromatic ring is 2. The second-order valence-electron chi connectivity index (χ2n) is 15.1. The molecule has 2 heterocycles. The van der Waals surface area contributed by atoms with Gasteiger partial charge >= 0.3 is 0 Å². The van der Waals surface area contributed by atoms with E-state index in [-0.39, 0.29) is 48.4 Å². The number of hydrogen-bond donors (Lipinski definition) is 6. The van der Waals surface area contributed by atoms with E-state index in [9.17, 15) is 19.2 Å². The van der Waals surface area contributed by atoms with E-state index in [1.54, 1.807) is 109 Å². The number of para-hydroxylation sites is 4. The first-order chi connectivity index (χ1) is 32.1. The Hall–Kier alpha value is -8.52. The normalized spacial score (nSPS) is 10.7. The summed E-state index contributed by atoms with van der Waals surface area (Å²) >= 11 is 0. The van der Waals surface area contributed by atoms with Crippen LogP contribution in [0.4, 0.5) is 22.7 Å². The van der Waals surface area contributed by atoms with Gasteiger partial charge in [-0.1, -0.05) is 61.9 Å². The molecule has 66 heavy (non-hydrogen) atoms. The van der Waals surface area contributed by atoms with Crippen LogP contribution in [0.25, 0.3) is 21.9 Å². The lowest BCUT2D eigenvalue weighted by atomic mass is 10.1. The van der Waals surface area contributed by atoms with E-state index in [1.807, 2.05) is 37.3 Å². The van der Waals surface area contributed by atoms with Gasteiger partial charge in [-0.2, -0.15) is 0 Å². The van der Waals surface area contributed by atoms with E-state index in [1.165, 1.54) is 5.56 Å². The summed E-state index contributed by atoms with van der Waals surface area (Å²) in [5.41, 5.74) is 18.4. The maximum absolute atomic E-state index is 12.5. The van der Waals surface area contributed by atoms with Crippen molar-refractivity contribution in [3.8, 4) is 11.5 Å². The molecule has 2 aromatic heterocycles. The fraction of sp³-hybridized carbons (Fsp3) is 0.154. The smallest absolute Gasteiger partial charge is 0.287 e. The van der Waals surface area contributed by atoms with E-state index in [0.717, 1.165) is 29.2 Å². The highest BCUT2D eigenvalue weighted by Crippen LogP contribution is 2.26. The standard InChI is InChI=1S/C27H27N3O4.C25H23N3O4/c1-2-6-18-7-5-10-24-21(18)17-25(34-24)27(32)29-15-16-33-20-13-11-19(12-14-20)26(31)30-23-9-4-3-8-22(23)28;1-16-5-4-8-22-19(16)15-23(32-22)25(30)27-13-14-31-18-11-9-17(10-12-18)24(29)28-21-7-3-2-6-20(21)26/h3-5,7-14,17H,2,6,15-16,28H2,1H3,(H,29,32)(H,30,31);2-12,15H,13-14,26H2,1H3,(H,27,30)(H,28,29). The van der Waals surface area contributed by atoms with Crippen molar-refractivity contribution in [1.29, 1.82) is 0 Å². The zero-order valence-electron chi connectivity index (χ0n) is 36.5. The number of rotatable bonds is 16. The molecule has 0 aliphatic heterocycles. The molecule has 0 radical (unpaired) electrons. The van der Waals surface area contributed by atoms with Crippen LogP contribution in [0.15, 0.2) is 154 Å². The van der Waals surface area contributed by atoms with Crippen LogP contribution >= 0.6 is 0 Å². The highest BCUT2D eigenvalue weighted by Gasteiger charge is 2.16. The molecular formula is C52H50N6O8. The van der Waals surface area contributed by atoms with Gasteiger partial charge in [-0.05, 0) is 122 Å². The third-order valence-electron chi connectivity index (χ3n) is 10.4. The molecule has 14 nitrogen and oxygen atoms in total. The maximum Gasteiger partial charge on any atom is 0.287 e. The average Bonchev–Trinajstić information content (AvgIpc) is 3.98. The fourth-order valence-corrected chi connectivity index (χ4v) is 6.90. The molecule has 8 rings (SSSR count). The molecule has 0 bridgehead atoms. The monoisotopic (exact) mass is 886 g/mol. The number of aryl methyl sites for hydroxylation is 2. The predicted molar refractivity (Wildman–Crippen MR) is 257 cm³/mol. The fourth-order valence-electron chi connectivity index (χ4n) is 6.90. The highest BCUT2D eigenvalue weighted by molar-refractivity contribution is 6.06. The van der Waals surface area contributed by atoms with Gasteiger partial charge in [-0.3, -0.25) is 19.2 Å². The lowest BCUT2D eigenvalue weighted by molar-refractivity contribution is 0.0914. The molecule has 0 aliphatic carbocycles. The van der Waals surface area contributed by atoms with Crippen LogP contribution in [0, 0.1) is 6.92 Å². The van der Waals surface area contributed by atoms with Crippen molar-refractivity contribution >= 4 is 68.3 Å². The largest absolute Gasteiger partial charge is 0.492 e. The molecule has 0 saturated carbocycles. The van der Waals surface area contributed by atoms with Gasteiger partial charge in [0.1, 0.15) is 35.9 Å². The lowest BCUT2D eigenvalue weighted by Crippen LogP contribution is -2.27. The van der Waals surface area contributed by atoms with Crippen molar-refractivity contribution in [2.75, 3.05) is 48.4 Å². The van der Waals surface area contributed by atoms with Crippen molar-refractivity contribution in [1.82, 2.24) is 10.6 Å². The van der Waals surface area contributed by atoms with Crippen LogP contribution in [0.5, 0.6) is 11.5 Å². The Bertz CT molecular complexity index is 2960. The molecule has 0 unspecified atom stereocenters. The minimum Gasteiger partial charge on any atom is -0.492 e. The van der Waals surface area contributed by atoms with Gasteiger partial charge in [0.15, 0.2) is 11.5 Å². The number of nitrogens with two attached hydrogens (primary N) is 2. The van der Waals surface area contributed by atoms with Gasteiger partial charge in [0.2, 0.25) is 0 Å². The average molecular weight is 887 g/mol. The van der Waals surface area contributed by atoms with Gasteiger partial charge in [0.25, 0.3) is 23.6 Å². The van der Waals surface area contributed by atoms with Crippen molar-refractivity contribution in [2.24, 2.45) is 0 Å². The number of carbonyl (C=O) groups excluding carboxylic acids is 4. The Kier molecular flexibility index (Phi) is 15.0. The zero-order chi connectivity index (χ0) is 46.4. The van der Waals surface area contributed by atoms with E-state index in [0.29, 0.717) is 69.6 Å². The Balaban J connectivity index is 0.000000197. The number of ether oxygens (including phenoxy) is 2. The van der Waals surface area contributed by atoms with Gasteiger partial charge in [0, 0.05) is 21.9 Å². The molecule has 4 amide bonds. The number of carbonyl (C=O) groups is 4. The number of hydrogen-bond acceptors (Lipinski definition) is 10. The summed E-state index contributed by atoms with van der Waals surface area (Å²) in [4.78, 5) is 49.6. The number of amides is 4. The van der Waals surface area contributed by atoms with Crippen LogP contribution in [0.1, 0.15) is 66.3 Å². The van der Waals surface area contributed by atoms with Gasteiger partial charge < -0.3 is 51.0 Å². The van der Waals surface area contributed by atoms with E-state index >= 15 is 0 Å². The lowest BCUT2D eigenvalue weighted by Gasteiger charge is -2.09. The summed E-state index contributed by atoms with van der Waals surface area (Å²) in [5, 5.41) is 13.1. The molecule has 0 saturated heterocycles. The SMILES string of the molecule is CCCc1cccc2oc(C(=O)NCCOc3ccc(C(=O)Nc4ccccc4N)cc3)cc12.Cc1cccc2oc(C(=O)NCCOc3ccc(C(=O)Nc4ccccc4N)cc3)cc12. The third-order valence-corrected chi connectivity index (χ3v) is 10.4. The van der Waals surface area contributed by atoms with E-state index in [4.69, 9.17) is 29.8 Å². The second kappa shape index (κ2) is 21.7. The van der Waals surface area contributed by atoms with Gasteiger partial charge in [0.05, 0.1) is 35.8 Å². The molecule has 8 aromatic rings. The minimum atomic E-state index is -0.295. The van der Waals surface area contributed by atoms with Crippen molar-refractivity contribution in [3.63, 3.8) is 0 Å². The van der Waals surface area contributed by atoms with Gasteiger partial charge in [-0.25, -0.2) is 0 Å². The summed E-state index contributed by atoms with van der Waals surface area (Å²) in [6, 6.07) is 42.7. The van der Waals surface area contributed by atoms with Crippen LogP contribution in [-0.2, 0) is 6.42 Å². The summed E-state index contributed by atoms with van der Waals surface area (Å²) in [5.74, 6) is 0.641. The Morgan fingerprint density at radius 2 is 0.985 bits per heavy atom. The van der Waals surface area contributed by atoms with Crippen molar-refractivity contribution in [3.05, 3.63) is 179 Å². The molecular weight excluding hydrogens is 837 g/mol. The quantitative estimate of drug-likeness (QED) is 0.0399. The molecule has 336 valence electrons. The highest BCUT2D eigenvalue weighted by atomic mass is 16.5. The third kappa shape index (κ3) is 11.7. The number of furan rings is 2. The first kappa shape index (κ1) is 45.5. The van der Waals surface area contributed by atoms with E-state index < -0.39 is 0 Å². The van der Waals surface area contributed by atoms with Crippen LogP contribution in [0.3, 0.4) is 0 Å². The van der Waals surface area contributed by atoms with Crippen molar-refractivity contribution < 1.29 is 37.5 Å². The molecule has 14 heteroatoms. The molecule has 0 aliphatic rings. The zero-order valence-corrected chi connectivity index (χ0v) is 36.5. The number of benzene rings is 6. The van der Waals surface area contributed by atoms with Crippen LogP contribution < -0.4 is 42.2 Å². The first-order valence-electron chi connectivity index (χ1n) is 21.4. The first-order valence-corrected chi connectivity index (χ1v) is 21.4. The van der Waals surface area contributed by atoms with Crippen LogP contribution in [-0.4, -0.2) is 49.9 Å². The molecule has 6 aromatic carbocycles. The minimum absolute atomic E-state index is 0.260. The molecule has 0 spiro atoms. The molecule has 0 atom stereocenters. The summed E-state index contributed by atoms with van der Waals surface area (Å²) < 4.78 is 22.7. The second-order valence-corrected chi connectivity index (χ2v) is 15.1. The molecule has 0 fully saturated rings. The van der Waals surface area contributed by atoms with Gasteiger partial charge in [-0.15, -0.1) is 0 Å². The molecule has 8 N–H and O–H groups in total.